The number of hydrogen-bond donors (Lipinski definition) is 2. The maximum absolute atomic E-state index is 15.6. The van der Waals surface area contributed by atoms with Crippen LogP contribution in [0.15, 0.2) is 72.0 Å². The van der Waals surface area contributed by atoms with E-state index >= 15 is 4.39 Å². The third-order valence-electron chi connectivity index (χ3n) is 5.21. The molecule has 4 aromatic rings. The summed E-state index contributed by atoms with van der Waals surface area (Å²) in [4.78, 5) is 28.3. The zero-order valence-electron chi connectivity index (χ0n) is 18.4. The number of benzene rings is 3. The molecule has 0 radical (unpaired) electrons. The van der Waals surface area contributed by atoms with Crippen LogP contribution in [0.25, 0.3) is 11.0 Å². The Morgan fingerprint density at radius 1 is 1.23 bits per heavy atom. The molecule has 0 aliphatic heterocycles. The van der Waals surface area contributed by atoms with Crippen molar-refractivity contribution in [3.05, 3.63) is 94.0 Å². The fraction of sp³-hybridized carbons (Fsp3) is 0.0800. The lowest BCUT2D eigenvalue weighted by atomic mass is 10.1. The van der Waals surface area contributed by atoms with E-state index in [-0.39, 0.29) is 22.7 Å². The number of nitrogens with zero attached hydrogens (tertiary/aromatic N) is 2. The Morgan fingerprint density at radius 2 is 1.97 bits per heavy atom. The third-order valence-corrected chi connectivity index (χ3v) is 6.02. The summed E-state index contributed by atoms with van der Waals surface area (Å²) in [5.74, 6) is -1.72. The van der Waals surface area contributed by atoms with Gasteiger partial charge in [0.25, 0.3) is 0 Å². The zero-order valence-corrected chi connectivity index (χ0v) is 20.8. The van der Waals surface area contributed by atoms with Crippen LogP contribution in [0.5, 0.6) is 0 Å². The summed E-state index contributed by atoms with van der Waals surface area (Å²) in [6, 6.07) is 13.7. The fourth-order valence-electron chi connectivity index (χ4n) is 3.49. The van der Waals surface area contributed by atoms with E-state index in [1.165, 1.54) is 25.6 Å². The topological polar surface area (TPSA) is 85.3 Å². The monoisotopic (exact) mass is 556 g/mol. The molecule has 7 nitrogen and oxygen atoms in total. The first-order valence-corrected chi connectivity index (χ1v) is 11.5. The van der Waals surface area contributed by atoms with Gasteiger partial charge in [-0.1, -0.05) is 46.2 Å². The molecule has 10 heteroatoms. The number of aromatic nitrogens is 2. The van der Waals surface area contributed by atoms with Crippen molar-refractivity contribution in [3.63, 3.8) is 0 Å². The second kappa shape index (κ2) is 10.3. The highest BCUT2D eigenvalue weighted by Gasteiger charge is 2.23. The van der Waals surface area contributed by atoms with Gasteiger partial charge in [0.05, 0.1) is 40.9 Å². The first kappa shape index (κ1) is 24.4. The third kappa shape index (κ3) is 5.21. The van der Waals surface area contributed by atoms with Crippen molar-refractivity contribution < 1.29 is 18.7 Å². The van der Waals surface area contributed by atoms with Crippen LogP contribution < -0.4 is 10.6 Å². The molecule has 0 saturated carbocycles. The lowest BCUT2D eigenvalue weighted by Crippen LogP contribution is -2.09. The molecule has 1 heterocycles. The second-order valence-corrected chi connectivity index (χ2v) is 8.81. The minimum absolute atomic E-state index is 0.000667. The number of rotatable bonds is 7. The van der Waals surface area contributed by atoms with E-state index in [1.807, 2.05) is 12.1 Å². The quantitative estimate of drug-likeness (QED) is 0.206. The average molecular weight is 558 g/mol. The average Bonchev–Trinajstić information content (AvgIpc) is 3.25. The molecule has 178 valence electrons. The van der Waals surface area contributed by atoms with Gasteiger partial charge >= 0.3 is 5.97 Å². The van der Waals surface area contributed by atoms with Crippen LogP contribution in [-0.2, 0) is 16.1 Å². The molecule has 3 aromatic carbocycles. The van der Waals surface area contributed by atoms with Crippen molar-refractivity contribution in [1.29, 1.82) is 0 Å². The highest BCUT2D eigenvalue weighted by Crippen LogP contribution is 2.34. The first-order chi connectivity index (χ1) is 16.8. The second-order valence-electron chi connectivity index (χ2n) is 7.48. The van der Waals surface area contributed by atoms with E-state index in [2.05, 4.69) is 38.1 Å². The van der Waals surface area contributed by atoms with Crippen LogP contribution >= 0.6 is 27.5 Å². The summed E-state index contributed by atoms with van der Waals surface area (Å²) in [7, 11) is 1.23. The number of imidazole rings is 1. The first-order valence-electron chi connectivity index (χ1n) is 10.3. The predicted molar refractivity (Wildman–Crippen MR) is 138 cm³/mol. The fourth-order valence-corrected chi connectivity index (χ4v) is 4.21. The standard InChI is InChI=1S/C25H19BrClFN4O3/c1-3-21(33)30-16-7-4-14(5-8-16)12-32-13-29-24-20(32)11-17(25(34)35-2)23(22(24)28)31-19-9-6-15(26)10-18(19)27/h3-11,13,31H,1,12H2,2H3,(H,30,33). The van der Waals surface area contributed by atoms with E-state index in [0.717, 1.165) is 10.0 Å². The summed E-state index contributed by atoms with van der Waals surface area (Å²) in [6.45, 7) is 3.78. The molecule has 0 spiro atoms. The molecule has 1 amide bonds. The van der Waals surface area contributed by atoms with Crippen LogP contribution in [0, 0.1) is 5.82 Å². The maximum atomic E-state index is 15.6. The van der Waals surface area contributed by atoms with E-state index in [0.29, 0.717) is 28.5 Å². The lowest BCUT2D eigenvalue weighted by Gasteiger charge is -2.15. The Kier molecular flexibility index (Phi) is 7.18. The molecule has 0 aliphatic carbocycles. The molecular weight excluding hydrogens is 539 g/mol. The van der Waals surface area contributed by atoms with Crippen molar-refractivity contribution in [2.45, 2.75) is 6.54 Å². The Labute approximate surface area is 213 Å². The number of nitrogens with one attached hydrogen (secondary N) is 2. The Morgan fingerprint density at radius 3 is 2.63 bits per heavy atom. The van der Waals surface area contributed by atoms with E-state index in [9.17, 15) is 9.59 Å². The van der Waals surface area contributed by atoms with Gasteiger partial charge in [0.1, 0.15) is 5.52 Å². The van der Waals surface area contributed by atoms with Crippen molar-refractivity contribution in [2.24, 2.45) is 0 Å². The molecular formula is C25H19BrClFN4O3. The molecule has 2 N–H and O–H groups in total. The van der Waals surface area contributed by atoms with Gasteiger partial charge in [-0.15, -0.1) is 0 Å². The smallest absolute Gasteiger partial charge is 0.340 e. The van der Waals surface area contributed by atoms with Crippen molar-refractivity contribution in [1.82, 2.24) is 9.55 Å². The number of carbonyl (C=O) groups excluding carboxylic acids is 2. The van der Waals surface area contributed by atoms with E-state index < -0.39 is 11.8 Å². The Bertz CT molecular complexity index is 1450. The molecule has 0 unspecified atom stereocenters. The van der Waals surface area contributed by atoms with Gasteiger partial charge in [0.2, 0.25) is 5.91 Å². The number of halogens is 3. The number of ether oxygens (including phenoxy) is 1. The molecule has 0 atom stereocenters. The molecule has 0 fully saturated rings. The normalized spacial score (nSPS) is 10.7. The van der Waals surface area contributed by atoms with Crippen LogP contribution in [0.1, 0.15) is 15.9 Å². The predicted octanol–water partition coefficient (Wildman–Crippen LogP) is 6.29. The van der Waals surface area contributed by atoms with Gasteiger partial charge in [-0.3, -0.25) is 4.79 Å². The van der Waals surface area contributed by atoms with Crippen LogP contribution in [0.2, 0.25) is 5.02 Å². The largest absolute Gasteiger partial charge is 0.465 e. The highest BCUT2D eigenvalue weighted by atomic mass is 79.9. The number of methoxy groups -OCH3 is 1. The number of carbonyl (C=O) groups is 2. The van der Waals surface area contributed by atoms with Crippen LogP contribution in [-0.4, -0.2) is 28.5 Å². The van der Waals surface area contributed by atoms with E-state index in [4.69, 9.17) is 16.3 Å². The SMILES string of the molecule is C=CC(=O)Nc1ccc(Cn2cnc3c(F)c(Nc4ccc(Br)cc4Cl)c(C(=O)OC)cc32)cc1. The van der Waals surface area contributed by atoms with Gasteiger partial charge in [0.15, 0.2) is 5.82 Å². The summed E-state index contributed by atoms with van der Waals surface area (Å²) in [5, 5.41) is 5.93. The van der Waals surface area contributed by atoms with Crippen molar-refractivity contribution in [2.75, 3.05) is 17.7 Å². The number of esters is 1. The number of amides is 1. The highest BCUT2D eigenvalue weighted by molar-refractivity contribution is 9.10. The maximum Gasteiger partial charge on any atom is 0.340 e. The summed E-state index contributed by atoms with van der Waals surface area (Å²) < 4.78 is 23.0. The lowest BCUT2D eigenvalue weighted by molar-refractivity contribution is -0.111. The Balaban J connectivity index is 1.71. The molecule has 0 aliphatic rings. The summed E-state index contributed by atoms with van der Waals surface area (Å²) in [6.07, 6.45) is 2.69. The number of hydrogen-bond acceptors (Lipinski definition) is 5. The van der Waals surface area contributed by atoms with Gasteiger partial charge in [-0.25, -0.2) is 14.2 Å². The minimum Gasteiger partial charge on any atom is -0.465 e. The zero-order chi connectivity index (χ0) is 25.1. The molecule has 1 aromatic heterocycles. The molecule has 4 rings (SSSR count). The number of fused-ring (bicyclic) bond motifs is 1. The summed E-state index contributed by atoms with van der Waals surface area (Å²) >= 11 is 9.61. The number of anilines is 3. The molecule has 0 saturated heterocycles. The van der Waals surface area contributed by atoms with Crippen LogP contribution in [0.4, 0.5) is 21.5 Å². The molecule has 35 heavy (non-hydrogen) atoms. The van der Waals surface area contributed by atoms with Crippen LogP contribution in [0.3, 0.4) is 0 Å². The van der Waals surface area contributed by atoms with Gasteiger partial charge in [-0.05, 0) is 48.0 Å². The van der Waals surface area contributed by atoms with Gasteiger partial charge in [-0.2, -0.15) is 0 Å². The Hall–Kier alpha value is -3.69. The van der Waals surface area contributed by atoms with Gasteiger partial charge < -0.3 is 19.9 Å². The van der Waals surface area contributed by atoms with Gasteiger partial charge in [0, 0.05) is 16.7 Å². The van der Waals surface area contributed by atoms with Crippen molar-refractivity contribution in [3.8, 4) is 0 Å². The minimum atomic E-state index is -0.711. The summed E-state index contributed by atoms with van der Waals surface area (Å²) in [5.41, 5.74) is 2.34. The molecule has 0 bridgehead atoms. The van der Waals surface area contributed by atoms with E-state index in [1.54, 1.807) is 34.9 Å². The van der Waals surface area contributed by atoms with Crippen molar-refractivity contribution >= 4 is 67.5 Å².